The van der Waals surface area contributed by atoms with E-state index in [1.54, 1.807) is 27.8 Å². The number of anilines is 1. The third kappa shape index (κ3) is 3.50. The molecule has 27 heavy (non-hydrogen) atoms. The second kappa shape index (κ2) is 7.58. The zero-order chi connectivity index (χ0) is 18.8. The first-order valence-electron chi connectivity index (χ1n) is 8.40. The molecule has 6 nitrogen and oxygen atoms in total. The zero-order valence-corrected chi connectivity index (χ0v) is 16.5. The molecule has 8 heteroatoms. The minimum atomic E-state index is -0.363. The number of esters is 1. The molecule has 0 bridgehead atoms. The van der Waals surface area contributed by atoms with Gasteiger partial charge in [0.2, 0.25) is 11.1 Å². The molecule has 138 valence electrons. The van der Waals surface area contributed by atoms with Gasteiger partial charge in [-0.15, -0.1) is 16.4 Å². The summed E-state index contributed by atoms with van der Waals surface area (Å²) < 4.78 is 6.79. The van der Waals surface area contributed by atoms with Crippen LogP contribution in [-0.4, -0.2) is 27.8 Å². The minimum Gasteiger partial charge on any atom is -0.466 e. The second-order valence-electron chi connectivity index (χ2n) is 6.01. The Balaban J connectivity index is 1.67. The highest BCUT2D eigenvalue weighted by atomic mass is 32.2. The Labute approximate surface area is 165 Å². The lowest BCUT2D eigenvalue weighted by atomic mass is 10.0. The number of allylic oxidation sites excluding steroid dienone is 1. The largest absolute Gasteiger partial charge is 0.466 e. The summed E-state index contributed by atoms with van der Waals surface area (Å²) in [5.41, 5.74) is 2.50. The van der Waals surface area contributed by atoms with Gasteiger partial charge < -0.3 is 10.1 Å². The van der Waals surface area contributed by atoms with Crippen LogP contribution >= 0.6 is 23.1 Å². The molecule has 3 heterocycles. The Bertz CT molecular complexity index is 981. The summed E-state index contributed by atoms with van der Waals surface area (Å²) in [5, 5.41) is 10.5. The SMILES string of the molecule is COC(=O)C1=C(C)Nc2nc(SCc3ccccc3)nn2C1c1cccs1. The van der Waals surface area contributed by atoms with Crippen molar-refractivity contribution in [2.45, 2.75) is 23.9 Å². The number of benzene rings is 1. The fraction of sp³-hybridized carbons (Fsp3) is 0.211. The fourth-order valence-electron chi connectivity index (χ4n) is 3.00. The van der Waals surface area contributed by atoms with E-state index < -0.39 is 0 Å². The highest BCUT2D eigenvalue weighted by Gasteiger charge is 2.35. The van der Waals surface area contributed by atoms with Gasteiger partial charge in [-0.05, 0) is 23.9 Å². The lowest BCUT2D eigenvalue weighted by molar-refractivity contribution is -0.136. The highest BCUT2D eigenvalue weighted by Crippen LogP contribution is 2.38. The summed E-state index contributed by atoms with van der Waals surface area (Å²) >= 11 is 3.15. The van der Waals surface area contributed by atoms with Crippen LogP contribution in [0.4, 0.5) is 5.95 Å². The molecule has 0 fully saturated rings. The molecule has 3 aromatic rings. The maximum absolute atomic E-state index is 12.4. The first kappa shape index (κ1) is 17.8. The van der Waals surface area contributed by atoms with Gasteiger partial charge in [0.05, 0.1) is 12.7 Å². The van der Waals surface area contributed by atoms with E-state index in [9.17, 15) is 4.79 Å². The minimum absolute atomic E-state index is 0.340. The van der Waals surface area contributed by atoms with Crippen LogP contribution in [0.1, 0.15) is 23.4 Å². The van der Waals surface area contributed by atoms with Crippen molar-refractivity contribution in [1.29, 1.82) is 0 Å². The maximum Gasteiger partial charge on any atom is 0.338 e. The van der Waals surface area contributed by atoms with E-state index in [1.165, 1.54) is 12.7 Å². The third-order valence-corrected chi connectivity index (χ3v) is 6.10. The van der Waals surface area contributed by atoms with E-state index in [0.29, 0.717) is 16.7 Å². The van der Waals surface area contributed by atoms with E-state index in [4.69, 9.17) is 4.74 Å². The molecule has 0 spiro atoms. The first-order valence-corrected chi connectivity index (χ1v) is 10.3. The predicted molar refractivity (Wildman–Crippen MR) is 107 cm³/mol. The van der Waals surface area contributed by atoms with E-state index >= 15 is 0 Å². The lowest BCUT2D eigenvalue weighted by Crippen LogP contribution is -2.28. The number of ether oxygens (including phenoxy) is 1. The van der Waals surface area contributed by atoms with Gasteiger partial charge in [0.25, 0.3) is 0 Å². The summed E-state index contributed by atoms with van der Waals surface area (Å²) in [6, 6.07) is 13.8. The van der Waals surface area contributed by atoms with E-state index in [-0.39, 0.29) is 12.0 Å². The van der Waals surface area contributed by atoms with E-state index in [1.807, 2.05) is 42.6 Å². The van der Waals surface area contributed by atoms with Gasteiger partial charge in [-0.2, -0.15) is 4.98 Å². The lowest BCUT2D eigenvalue weighted by Gasteiger charge is -2.26. The predicted octanol–water partition coefficient (Wildman–Crippen LogP) is 4.09. The Morgan fingerprint density at radius 3 is 2.81 bits per heavy atom. The number of fused-ring (bicyclic) bond motifs is 1. The van der Waals surface area contributed by atoms with Gasteiger partial charge in [0, 0.05) is 16.3 Å². The van der Waals surface area contributed by atoms with Crippen molar-refractivity contribution in [3.8, 4) is 0 Å². The molecule has 0 saturated heterocycles. The topological polar surface area (TPSA) is 69.0 Å². The number of carbonyl (C=O) groups is 1. The zero-order valence-electron chi connectivity index (χ0n) is 14.9. The van der Waals surface area contributed by atoms with Crippen LogP contribution in [0.3, 0.4) is 0 Å². The average Bonchev–Trinajstić information content (AvgIpc) is 3.35. The van der Waals surface area contributed by atoms with Crippen molar-refractivity contribution >= 4 is 35.0 Å². The van der Waals surface area contributed by atoms with Gasteiger partial charge >= 0.3 is 5.97 Å². The summed E-state index contributed by atoms with van der Waals surface area (Å²) in [4.78, 5) is 18.1. The van der Waals surface area contributed by atoms with Crippen LogP contribution in [0.25, 0.3) is 0 Å². The summed E-state index contributed by atoms with van der Waals surface area (Å²) in [6.45, 7) is 1.86. The standard InChI is InChI=1S/C19H18N4O2S2/c1-12-15(17(24)25-2)16(14-9-6-10-26-14)23-18(20-12)21-19(22-23)27-11-13-7-4-3-5-8-13/h3-10,16H,11H2,1-2H3,(H,20,21,22). The molecule has 0 saturated carbocycles. The Morgan fingerprint density at radius 1 is 1.30 bits per heavy atom. The summed E-state index contributed by atoms with van der Waals surface area (Å²) in [5.74, 6) is 1.05. The van der Waals surface area contributed by atoms with Crippen molar-refractivity contribution in [2.75, 3.05) is 12.4 Å². The molecule has 1 aromatic carbocycles. The van der Waals surface area contributed by atoms with Gasteiger partial charge in [-0.1, -0.05) is 48.2 Å². The fourth-order valence-corrected chi connectivity index (χ4v) is 4.60. The van der Waals surface area contributed by atoms with Crippen LogP contribution in [0.5, 0.6) is 0 Å². The highest BCUT2D eigenvalue weighted by molar-refractivity contribution is 7.98. The van der Waals surface area contributed by atoms with Crippen molar-refractivity contribution < 1.29 is 9.53 Å². The van der Waals surface area contributed by atoms with Crippen LogP contribution in [0.15, 0.2) is 64.3 Å². The number of rotatable bonds is 5. The van der Waals surface area contributed by atoms with Gasteiger partial charge in [-0.3, -0.25) is 0 Å². The molecule has 1 atom stereocenters. The molecule has 0 amide bonds. The van der Waals surface area contributed by atoms with E-state index in [2.05, 4.69) is 27.5 Å². The Morgan fingerprint density at radius 2 is 2.11 bits per heavy atom. The smallest absolute Gasteiger partial charge is 0.338 e. The molecule has 1 unspecified atom stereocenters. The molecular weight excluding hydrogens is 380 g/mol. The normalized spacial score (nSPS) is 16.0. The molecule has 1 aliphatic rings. The van der Waals surface area contributed by atoms with Gasteiger partial charge in [0.15, 0.2) is 0 Å². The van der Waals surface area contributed by atoms with Crippen molar-refractivity contribution in [2.24, 2.45) is 0 Å². The number of thiophene rings is 1. The molecule has 1 aliphatic heterocycles. The molecule has 0 aliphatic carbocycles. The van der Waals surface area contributed by atoms with Crippen molar-refractivity contribution in [3.63, 3.8) is 0 Å². The number of thioether (sulfide) groups is 1. The van der Waals surface area contributed by atoms with Crippen LogP contribution in [-0.2, 0) is 15.3 Å². The average molecular weight is 399 g/mol. The number of methoxy groups -OCH3 is 1. The molecule has 2 aromatic heterocycles. The number of nitrogens with one attached hydrogen (secondary N) is 1. The number of hydrogen-bond acceptors (Lipinski definition) is 7. The molecular formula is C19H18N4O2S2. The summed E-state index contributed by atoms with van der Waals surface area (Å²) in [7, 11) is 1.39. The first-order chi connectivity index (χ1) is 13.2. The van der Waals surface area contributed by atoms with Gasteiger partial charge in [0.1, 0.15) is 6.04 Å². The molecule has 1 N–H and O–H groups in total. The van der Waals surface area contributed by atoms with E-state index in [0.717, 1.165) is 16.3 Å². The quantitative estimate of drug-likeness (QED) is 0.516. The number of hydrogen-bond donors (Lipinski definition) is 1. The molecule has 0 radical (unpaired) electrons. The Kier molecular flexibility index (Phi) is 5.00. The monoisotopic (exact) mass is 398 g/mol. The van der Waals surface area contributed by atoms with Crippen molar-refractivity contribution in [3.05, 3.63) is 69.6 Å². The number of carbonyl (C=O) groups excluding carboxylic acids is 1. The number of nitrogens with zero attached hydrogens (tertiary/aromatic N) is 3. The second-order valence-corrected chi connectivity index (χ2v) is 7.93. The van der Waals surface area contributed by atoms with Crippen LogP contribution in [0.2, 0.25) is 0 Å². The third-order valence-electron chi connectivity index (χ3n) is 4.26. The van der Waals surface area contributed by atoms with Crippen molar-refractivity contribution in [1.82, 2.24) is 14.8 Å². The Hall–Kier alpha value is -2.58. The number of aromatic nitrogens is 3. The summed E-state index contributed by atoms with van der Waals surface area (Å²) in [6.07, 6.45) is 0. The van der Waals surface area contributed by atoms with Gasteiger partial charge in [-0.25, -0.2) is 9.48 Å². The molecule has 4 rings (SSSR count). The van der Waals surface area contributed by atoms with Crippen LogP contribution in [0, 0.1) is 0 Å². The maximum atomic E-state index is 12.4. The van der Waals surface area contributed by atoms with Crippen LogP contribution < -0.4 is 5.32 Å².